The molecule has 0 aliphatic rings. The van der Waals surface area contributed by atoms with Gasteiger partial charge in [0.2, 0.25) is 0 Å². The first kappa shape index (κ1) is 20.5. The van der Waals surface area contributed by atoms with Crippen LogP contribution in [0.15, 0.2) is 30.3 Å². The van der Waals surface area contributed by atoms with Crippen molar-refractivity contribution in [1.29, 1.82) is 0 Å². The number of nitrogens with one attached hydrogen (secondary N) is 1. The number of benzene rings is 1. The van der Waals surface area contributed by atoms with Crippen molar-refractivity contribution in [1.82, 2.24) is 14.6 Å². The van der Waals surface area contributed by atoms with E-state index in [0.29, 0.717) is 12.1 Å². The highest BCUT2D eigenvalue weighted by molar-refractivity contribution is 5.92. The number of rotatable bonds is 7. The van der Waals surface area contributed by atoms with Gasteiger partial charge >= 0.3 is 5.97 Å². The van der Waals surface area contributed by atoms with E-state index in [1.54, 1.807) is 4.52 Å². The van der Waals surface area contributed by atoms with E-state index in [1.807, 2.05) is 51.1 Å². The Hall–Kier alpha value is -3.22. The van der Waals surface area contributed by atoms with E-state index in [-0.39, 0.29) is 18.9 Å². The van der Waals surface area contributed by atoms with Gasteiger partial charge in [0.05, 0.1) is 5.69 Å². The molecule has 1 amide bonds. The largest absolute Gasteiger partial charge is 0.456 e. The number of hydrogen-bond donors (Lipinski definition) is 1. The van der Waals surface area contributed by atoms with Crippen molar-refractivity contribution >= 4 is 23.2 Å². The molecule has 2 aromatic heterocycles. The molecule has 1 aromatic carbocycles. The summed E-state index contributed by atoms with van der Waals surface area (Å²) < 4.78 is 6.91. The van der Waals surface area contributed by atoms with Gasteiger partial charge in [0, 0.05) is 29.6 Å². The minimum atomic E-state index is -0.419. The van der Waals surface area contributed by atoms with Gasteiger partial charge in [-0.1, -0.05) is 19.1 Å². The molecule has 0 saturated heterocycles. The van der Waals surface area contributed by atoms with Crippen LogP contribution in [0.3, 0.4) is 0 Å². The highest BCUT2D eigenvalue weighted by Gasteiger charge is 2.14. The monoisotopic (exact) mass is 394 g/mol. The molecular formula is C22H26N4O3. The molecule has 0 unspecified atom stereocenters. The number of carbonyl (C=O) groups is 2. The maximum absolute atomic E-state index is 12.1. The molecule has 0 fully saturated rings. The van der Waals surface area contributed by atoms with Crippen LogP contribution in [0.2, 0.25) is 0 Å². The zero-order chi connectivity index (χ0) is 21.0. The average molecular weight is 394 g/mol. The van der Waals surface area contributed by atoms with Gasteiger partial charge in [0.1, 0.15) is 0 Å². The average Bonchev–Trinajstić information content (AvgIpc) is 3.07. The molecule has 1 N–H and O–H groups in total. The molecule has 0 radical (unpaired) electrons. The SMILES string of the molecule is CCc1ccc(NC(=O)COC(=O)CCc2c(C)nc3cc(C)nn3c2C)cc1. The third-order valence-corrected chi connectivity index (χ3v) is 4.88. The number of carbonyl (C=O) groups excluding carboxylic acids is 2. The molecule has 7 heteroatoms. The fourth-order valence-electron chi connectivity index (χ4n) is 3.27. The lowest BCUT2D eigenvalue weighted by Gasteiger charge is -2.11. The van der Waals surface area contributed by atoms with Gasteiger partial charge in [-0.05, 0) is 56.9 Å². The number of fused-ring (bicyclic) bond motifs is 1. The molecule has 152 valence electrons. The molecular weight excluding hydrogens is 368 g/mol. The summed E-state index contributed by atoms with van der Waals surface area (Å²) in [6.45, 7) is 7.57. The Bertz CT molecular complexity index is 1040. The first-order chi connectivity index (χ1) is 13.9. The fourth-order valence-corrected chi connectivity index (χ4v) is 3.27. The Kier molecular flexibility index (Phi) is 6.26. The van der Waals surface area contributed by atoms with Crippen molar-refractivity contribution < 1.29 is 14.3 Å². The van der Waals surface area contributed by atoms with Gasteiger partial charge in [0.25, 0.3) is 5.91 Å². The van der Waals surface area contributed by atoms with Gasteiger partial charge in [0.15, 0.2) is 12.3 Å². The number of nitrogens with zero attached hydrogens (tertiary/aromatic N) is 3. The molecule has 0 aliphatic carbocycles. The summed E-state index contributed by atoms with van der Waals surface area (Å²) in [7, 11) is 0. The summed E-state index contributed by atoms with van der Waals surface area (Å²) in [5, 5.41) is 7.16. The van der Waals surface area contributed by atoms with Crippen molar-refractivity contribution in [2.45, 2.75) is 47.0 Å². The van der Waals surface area contributed by atoms with E-state index in [2.05, 4.69) is 22.3 Å². The highest BCUT2D eigenvalue weighted by Crippen LogP contribution is 2.17. The minimum absolute atomic E-state index is 0.174. The number of amides is 1. The van der Waals surface area contributed by atoms with Crippen molar-refractivity contribution in [3.8, 4) is 0 Å². The Morgan fingerprint density at radius 3 is 2.55 bits per heavy atom. The Labute approximate surface area is 170 Å². The molecule has 7 nitrogen and oxygen atoms in total. The maximum Gasteiger partial charge on any atom is 0.306 e. The molecule has 0 aliphatic heterocycles. The third kappa shape index (κ3) is 4.99. The van der Waals surface area contributed by atoms with Crippen LogP contribution in [-0.2, 0) is 27.2 Å². The predicted molar refractivity (Wildman–Crippen MR) is 111 cm³/mol. The lowest BCUT2D eigenvalue weighted by molar-refractivity contribution is -0.147. The van der Waals surface area contributed by atoms with Gasteiger partial charge in [-0.15, -0.1) is 0 Å². The van der Waals surface area contributed by atoms with Crippen LogP contribution in [0.5, 0.6) is 0 Å². The zero-order valence-electron chi connectivity index (χ0n) is 17.3. The molecule has 0 saturated carbocycles. The van der Waals surface area contributed by atoms with Gasteiger partial charge in [-0.2, -0.15) is 5.10 Å². The summed E-state index contributed by atoms with van der Waals surface area (Å²) >= 11 is 0. The van der Waals surface area contributed by atoms with Crippen LogP contribution < -0.4 is 5.32 Å². The van der Waals surface area contributed by atoms with Gasteiger partial charge in [-0.25, -0.2) is 9.50 Å². The summed E-state index contributed by atoms with van der Waals surface area (Å²) in [5.74, 6) is -0.776. The molecule has 29 heavy (non-hydrogen) atoms. The van der Waals surface area contributed by atoms with Crippen LogP contribution >= 0.6 is 0 Å². The number of anilines is 1. The second-order valence-electron chi connectivity index (χ2n) is 7.08. The van der Waals surface area contributed by atoms with Crippen molar-refractivity contribution in [3.05, 3.63) is 58.5 Å². The lowest BCUT2D eigenvalue weighted by atomic mass is 10.1. The summed E-state index contributed by atoms with van der Waals surface area (Å²) in [4.78, 5) is 28.6. The third-order valence-electron chi connectivity index (χ3n) is 4.88. The number of aromatic nitrogens is 3. The lowest BCUT2D eigenvalue weighted by Crippen LogP contribution is -2.21. The fraction of sp³-hybridized carbons (Fsp3) is 0.364. The van der Waals surface area contributed by atoms with Crippen molar-refractivity contribution in [2.24, 2.45) is 0 Å². The normalized spacial score (nSPS) is 10.9. The van der Waals surface area contributed by atoms with Crippen molar-refractivity contribution in [3.63, 3.8) is 0 Å². The Morgan fingerprint density at radius 2 is 1.86 bits per heavy atom. The number of esters is 1. The van der Waals surface area contributed by atoms with Gasteiger partial charge in [-0.3, -0.25) is 9.59 Å². The number of hydrogen-bond acceptors (Lipinski definition) is 5. The van der Waals surface area contributed by atoms with E-state index in [9.17, 15) is 9.59 Å². The van der Waals surface area contributed by atoms with E-state index in [1.165, 1.54) is 5.56 Å². The molecule has 2 heterocycles. The first-order valence-electron chi connectivity index (χ1n) is 9.74. The van der Waals surface area contributed by atoms with E-state index < -0.39 is 5.97 Å². The zero-order valence-corrected chi connectivity index (χ0v) is 17.3. The minimum Gasteiger partial charge on any atom is -0.456 e. The highest BCUT2D eigenvalue weighted by atomic mass is 16.5. The van der Waals surface area contributed by atoms with Gasteiger partial charge < -0.3 is 10.1 Å². The molecule has 0 spiro atoms. The second-order valence-corrected chi connectivity index (χ2v) is 7.08. The molecule has 0 bridgehead atoms. The van der Waals surface area contributed by atoms with E-state index in [4.69, 9.17) is 4.74 Å². The standard InChI is InChI=1S/C22H26N4O3/c1-5-17-6-8-18(9-7-17)24-21(27)13-29-22(28)11-10-19-15(3)23-20-12-14(2)25-26(20)16(19)4/h6-9,12H,5,10-11,13H2,1-4H3,(H,24,27). The smallest absolute Gasteiger partial charge is 0.306 e. The number of ether oxygens (including phenoxy) is 1. The van der Waals surface area contributed by atoms with Crippen LogP contribution in [0.4, 0.5) is 5.69 Å². The molecule has 0 atom stereocenters. The van der Waals surface area contributed by atoms with Crippen molar-refractivity contribution in [2.75, 3.05) is 11.9 Å². The molecule has 3 rings (SSSR count). The first-order valence-corrected chi connectivity index (χ1v) is 9.74. The van der Waals surface area contributed by atoms with Crippen LogP contribution in [0.25, 0.3) is 5.65 Å². The van der Waals surface area contributed by atoms with E-state index in [0.717, 1.165) is 34.7 Å². The Balaban J connectivity index is 1.52. The van der Waals surface area contributed by atoms with Crippen LogP contribution in [-0.4, -0.2) is 33.1 Å². The topological polar surface area (TPSA) is 85.6 Å². The second kappa shape index (κ2) is 8.86. The summed E-state index contributed by atoms with van der Waals surface area (Å²) in [6.07, 6.45) is 1.60. The summed E-state index contributed by atoms with van der Waals surface area (Å²) in [5.41, 5.74) is 6.37. The quantitative estimate of drug-likeness (QED) is 0.621. The van der Waals surface area contributed by atoms with Crippen LogP contribution in [0.1, 0.15) is 41.6 Å². The van der Waals surface area contributed by atoms with Crippen LogP contribution in [0, 0.1) is 20.8 Å². The number of aryl methyl sites for hydroxylation is 4. The predicted octanol–water partition coefficient (Wildman–Crippen LogP) is 3.33. The molecule has 3 aromatic rings. The van der Waals surface area contributed by atoms with E-state index >= 15 is 0 Å². The maximum atomic E-state index is 12.1. The summed E-state index contributed by atoms with van der Waals surface area (Å²) in [6, 6.07) is 9.51. The Morgan fingerprint density at radius 1 is 1.14 bits per heavy atom.